The Hall–Kier alpha value is -3.22. The van der Waals surface area contributed by atoms with E-state index in [1.165, 1.54) is 21.0 Å². The number of amides is 1. The smallest absolute Gasteiger partial charge is 0.275 e. The molecule has 0 saturated carbocycles. The molecule has 3 aromatic rings. The third kappa shape index (κ3) is 4.88. The van der Waals surface area contributed by atoms with Crippen molar-refractivity contribution in [1.29, 1.82) is 0 Å². The van der Waals surface area contributed by atoms with Crippen LogP contribution in [0.25, 0.3) is 16.9 Å². The number of aryl methyl sites for hydroxylation is 2. The number of hydrogen-bond acceptors (Lipinski definition) is 7. The first-order chi connectivity index (χ1) is 17.6. The fourth-order valence-corrected chi connectivity index (χ4v) is 6.18. The van der Waals surface area contributed by atoms with Crippen LogP contribution in [0.4, 0.5) is 0 Å². The Morgan fingerprint density at radius 2 is 1.89 bits per heavy atom. The summed E-state index contributed by atoms with van der Waals surface area (Å²) >= 11 is 0. The van der Waals surface area contributed by atoms with Crippen molar-refractivity contribution in [3.05, 3.63) is 45.4 Å². The van der Waals surface area contributed by atoms with E-state index in [0.717, 1.165) is 6.42 Å². The van der Waals surface area contributed by atoms with Crippen molar-refractivity contribution in [2.75, 3.05) is 46.9 Å². The highest BCUT2D eigenvalue weighted by Gasteiger charge is 2.29. The first-order valence-electron chi connectivity index (χ1n) is 12.5. The number of benzene rings is 1. The van der Waals surface area contributed by atoms with Crippen LogP contribution in [0.3, 0.4) is 0 Å². The summed E-state index contributed by atoms with van der Waals surface area (Å²) in [5, 5.41) is 7.34. The maximum Gasteiger partial charge on any atom is 0.275 e. The number of aromatic amines is 1. The minimum absolute atomic E-state index is 0.0989. The number of nitrogens with zero attached hydrogens (tertiary/aromatic N) is 4. The molecule has 1 amide bonds. The minimum atomic E-state index is -3.76. The molecule has 0 bridgehead atoms. The van der Waals surface area contributed by atoms with Crippen LogP contribution in [0.15, 0.2) is 27.9 Å². The highest BCUT2D eigenvalue weighted by atomic mass is 32.2. The number of likely N-dealkylation sites (N-methyl/N-ethyl adjacent to an activating group) is 1. The van der Waals surface area contributed by atoms with Crippen molar-refractivity contribution in [3.63, 3.8) is 0 Å². The highest BCUT2D eigenvalue weighted by Crippen LogP contribution is 2.32. The van der Waals surface area contributed by atoms with E-state index in [0.29, 0.717) is 67.3 Å². The molecular formula is C25H34N6O5S. The molecule has 3 heterocycles. The van der Waals surface area contributed by atoms with E-state index in [1.54, 1.807) is 20.0 Å². The fourth-order valence-electron chi connectivity index (χ4n) is 4.73. The molecule has 11 nitrogen and oxygen atoms in total. The van der Waals surface area contributed by atoms with Crippen molar-refractivity contribution in [3.8, 4) is 17.1 Å². The Balaban J connectivity index is 1.92. The van der Waals surface area contributed by atoms with Gasteiger partial charge in [-0.2, -0.15) is 4.31 Å². The van der Waals surface area contributed by atoms with Crippen molar-refractivity contribution >= 4 is 21.4 Å². The molecule has 2 aromatic heterocycles. The third-order valence-electron chi connectivity index (χ3n) is 6.68. The predicted octanol–water partition coefficient (Wildman–Crippen LogP) is 1.64. The van der Waals surface area contributed by atoms with Crippen molar-refractivity contribution in [2.24, 2.45) is 0 Å². The molecule has 12 heteroatoms. The number of rotatable bonds is 8. The van der Waals surface area contributed by atoms with Gasteiger partial charge in [0.05, 0.1) is 28.3 Å². The zero-order chi connectivity index (χ0) is 26.9. The molecule has 1 aliphatic rings. The van der Waals surface area contributed by atoms with E-state index >= 15 is 0 Å². The van der Waals surface area contributed by atoms with Gasteiger partial charge in [0.1, 0.15) is 11.3 Å². The van der Waals surface area contributed by atoms with E-state index in [4.69, 9.17) is 9.84 Å². The Labute approximate surface area is 216 Å². The molecule has 0 atom stereocenters. The number of aromatic nitrogens is 3. The summed E-state index contributed by atoms with van der Waals surface area (Å²) < 4.78 is 35.7. The van der Waals surface area contributed by atoms with Crippen LogP contribution in [0.2, 0.25) is 0 Å². The van der Waals surface area contributed by atoms with Gasteiger partial charge in [0.2, 0.25) is 10.0 Å². The number of ether oxygens (including phenoxy) is 1. The fraction of sp³-hybridized carbons (Fsp3) is 0.480. The first kappa shape index (κ1) is 26.8. The van der Waals surface area contributed by atoms with Crippen LogP contribution in [-0.4, -0.2) is 85.0 Å². The average Bonchev–Trinajstić information content (AvgIpc) is 3.16. The van der Waals surface area contributed by atoms with Gasteiger partial charge in [-0.05, 0) is 51.1 Å². The van der Waals surface area contributed by atoms with E-state index in [2.05, 4.69) is 15.2 Å². The summed E-state index contributed by atoms with van der Waals surface area (Å²) in [6.45, 7) is 7.96. The summed E-state index contributed by atoms with van der Waals surface area (Å²) in [4.78, 5) is 30.9. The second-order valence-corrected chi connectivity index (χ2v) is 11.1. The quantitative estimate of drug-likeness (QED) is 0.453. The monoisotopic (exact) mass is 530 g/mol. The summed E-state index contributed by atoms with van der Waals surface area (Å²) in [5.41, 5.74) is 1.80. The van der Waals surface area contributed by atoms with Crippen molar-refractivity contribution in [2.45, 2.75) is 38.5 Å². The molecule has 1 saturated heterocycles. The van der Waals surface area contributed by atoms with Crippen LogP contribution in [-0.2, 0) is 16.4 Å². The lowest BCUT2D eigenvalue weighted by atomic mass is 10.1. The highest BCUT2D eigenvalue weighted by molar-refractivity contribution is 7.89. The standard InChI is InChI=1S/C25H34N6O5S/c1-6-8-19-21(24(32)26-4)16(3)22-25(33)27-23(28-31(19)22)18-15-17(9-10-20(18)36-7-2)37(34,35)30-13-11-29(5)12-14-30/h9-10,15H,6-8,11-14H2,1-5H3,(H,26,32)(H,27,28,33). The Kier molecular flexibility index (Phi) is 7.72. The van der Waals surface area contributed by atoms with Crippen molar-refractivity contribution < 1.29 is 17.9 Å². The van der Waals surface area contributed by atoms with Gasteiger partial charge in [0, 0.05) is 33.2 Å². The lowest BCUT2D eigenvalue weighted by molar-refractivity contribution is 0.0961. The predicted molar refractivity (Wildman–Crippen MR) is 141 cm³/mol. The molecule has 0 spiro atoms. The van der Waals surface area contributed by atoms with Crippen LogP contribution in [0.5, 0.6) is 5.75 Å². The number of carbonyl (C=O) groups excluding carboxylic acids is 1. The maximum atomic E-state index is 13.4. The van der Waals surface area contributed by atoms with E-state index in [9.17, 15) is 18.0 Å². The van der Waals surface area contributed by atoms with Gasteiger partial charge in [-0.25, -0.2) is 12.9 Å². The number of hydrogen-bond donors (Lipinski definition) is 2. The number of H-pyrrole nitrogens is 1. The van der Waals surface area contributed by atoms with Gasteiger partial charge in [-0.3, -0.25) is 9.59 Å². The van der Waals surface area contributed by atoms with Crippen LogP contribution in [0.1, 0.15) is 41.9 Å². The number of fused-ring (bicyclic) bond motifs is 1. The largest absolute Gasteiger partial charge is 0.493 e. The summed E-state index contributed by atoms with van der Waals surface area (Å²) in [5.74, 6) is 0.268. The maximum absolute atomic E-state index is 13.4. The minimum Gasteiger partial charge on any atom is -0.493 e. The van der Waals surface area contributed by atoms with Crippen molar-refractivity contribution in [1.82, 2.24) is 29.1 Å². The zero-order valence-corrected chi connectivity index (χ0v) is 22.7. The molecule has 0 aliphatic carbocycles. The molecule has 1 aliphatic heterocycles. The Morgan fingerprint density at radius 3 is 2.51 bits per heavy atom. The molecule has 200 valence electrons. The van der Waals surface area contributed by atoms with E-state index < -0.39 is 15.6 Å². The Bertz CT molecular complexity index is 1490. The summed E-state index contributed by atoms with van der Waals surface area (Å²) in [6, 6.07) is 4.61. The number of sulfonamides is 1. The van der Waals surface area contributed by atoms with Gasteiger partial charge in [0.15, 0.2) is 5.82 Å². The molecule has 0 radical (unpaired) electrons. The lowest BCUT2D eigenvalue weighted by Crippen LogP contribution is -2.47. The second-order valence-electron chi connectivity index (χ2n) is 9.14. The average molecular weight is 531 g/mol. The molecule has 1 fully saturated rings. The van der Waals surface area contributed by atoms with Crippen LogP contribution < -0.4 is 15.6 Å². The van der Waals surface area contributed by atoms with Gasteiger partial charge in [-0.15, -0.1) is 5.10 Å². The molecule has 0 unspecified atom stereocenters. The number of nitrogens with one attached hydrogen (secondary N) is 2. The van der Waals surface area contributed by atoms with Gasteiger partial charge < -0.3 is 19.9 Å². The normalized spacial score (nSPS) is 15.3. The number of carbonyl (C=O) groups is 1. The summed E-state index contributed by atoms with van der Waals surface area (Å²) in [6.07, 6.45) is 1.27. The number of piperazine rings is 1. The van der Waals surface area contributed by atoms with Crippen LogP contribution in [0, 0.1) is 6.92 Å². The Morgan fingerprint density at radius 1 is 1.19 bits per heavy atom. The van der Waals surface area contributed by atoms with E-state index in [-0.39, 0.29) is 22.1 Å². The SMILES string of the molecule is CCCc1c(C(=O)NC)c(C)c2c(=O)[nH]c(-c3cc(S(=O)(=O)N4CCN(C)CC4)ccc3OCC)nn12. The molecule has 2 N–H and O–H groups in total. The first-order valence-corrected chi connectivity index (χ1v) is 13.9. The molecular weight excluding hydrogens is 496 g/mol. The van der Waals surface area contributed by atoms with Gasteiger partial charge in [0.25, 0.3) is 11.5 Å². The topological polar surface area (TPSA) is 129 Å². The van der Waals surface area contributed by atoms with Crippen LogP contribution >= 0.6 is 0 Å². The van der Waals surface area contributed by atoms with Gasteiger partial charge >= 0.3 is 0 Å². The zero-order valence-electron chi connectivity index (χ0n) is 21.9. The third-order valence-corrected chi connectivity index (χ3v) is 8.57. The molecule has 4 rings (SSSR count). The van der Waals surface area contributed by atoms with Gasteiger partial charge in [-0.1, -0.05) is 13.3 Å². The molecule has 1 aromatic carbocycles. The molecule has 37 heavy (non-hydrogen) atoms. The van der Waals surface area contributed by atoms with E-state index in [1.807, 2.05) is 20.9 Å². The summed E-state index contributed by atoms with van der Waals surface area (Å²) in [7, 11) is -0.257. The lowest BCUT2D eigenvalue weighted by Gasteiger charge is -2.31. The second kappa shape index (κ2) is 10.6.